The van der Waals surface area contributed by atoms with Crippen LogP contribution in [0.2, 0.25) is 0 Å². The van der Waals surface area contributed by atoms with Crippen molar-refractivity contribution in [3.63, 3.8) is 0 Å². The van der Waals surface area contributed by atoms with E-state index in [1.807, 2.05) is 12.1 Å². The number of nitrogens with zero attached hydrogens (tertiary/aromatic N) is 2. The molecule has 1 heterocycles. The van der Waals surface area contributed by atoms with Gasteiger partial charge in [-0.25, -0.2) is 0 Å². The third-order valence-corrected chi connectivity index (χ3v) is 5.99. The fourth-order valence-electron chi connectivity index (χ4n) is 4.38. The minimum Gasteiger partial charge on any atom is -0.488 e. The van der Waals surface area contributed by atoms with E-state index in [9.17, 15) is 5.11 Å². The molecule has 4 nitrogen and oxygen atoms in total. The summed E-state index contributed by atoms with van der Waals surface area (Å²) in [5.41, 5.74) is 1.19. The lowest BCUT2D eigenvalue weighted by Crippen LogP contribution is -2.53. The summed E-state index contributed by atoms with van der Waals surface area (Å²) >= 11 is 0. The molecule has 1 saturated carbocycles. The van der Waals surface area contributed by atoms with Gasteiger partial charge >= 0.3 is 0 Å². The Morgan fingerprint density at radius 3 is 2.68 bits per heavy atom. The van der Waals surface area contributed by atoms with E-state index in [4.69, 9.17) is 4.74 Å². The van der Waals surface area contributed by atoms with Crippen LogP contribution >= 0.6 is 0 Å². The Labute approximate surface area is 152 Å². The van der Waals surface area contributed by atoms with Crippen molar-refractivity contribution in [3.05, 3.63) is 29.8 Å². The van der Waals surface area contributed by atoms with Crippen molar-refractivity contribution in [1.82, 2.24) is 9.80 Å². The molecular weight excluding hydrogens is 312 g/mol. The van der Waals surface area contributed by atoms with Gasteiger partial charge in [-0.2, -0.15) is 0 Å². The van der Waals surface area contributed by atoms with Gasteiger partial charge in [0.05, 0.1) is 0 Å². The third kappa shape index (κ3) is 4.96. The maximum atomic E-state index is 10.9. The highest BCUT2D eigenvalue weighted by molar-refractivity contribution is 5.27. The van der Waals surface area contributed by atoms with Crippen LogP contribution in [0.3, 0.4) is 0 Å². The van der Waals surface area contributed by atoms with Crippen LogP contribution in [0.4, 0.5) is 0 Å². The van der Waals surface area contributed by atoms with E-state index >= 15 is 0 Å². The van der Waals surface area contributed by atoms with E-state index in [0.29, 0.717) is 0 Å². The fourth-order valence-corrected chi connectivity index (χ4v) is 4.38. The number of piperidine rings is 1. The lowest BCUT2D eigenvalue weighted by molar-refractivity contribution is -0.0514. The molecule has 1 aliphatic heterocycles. The minimum absolute atomic E-state index is 0.0968. The van der Waals surface area contributed by atoms with E-state index in [0.717, 1.165) is 37.5 Å². The molecule has 25 heavy (non-hydrogen) atoms. The summed E-state index contributed by atoms with van der Waals surface area (Å²) in [5.74, 6) is 1.63. The summed E-state index contributed by atoms with van der Waals surface area (Å²) < 4.78 is 6.15. The van der Waals surface area contributed by atoms with Gasteiger partial charge in [-0.05, 0) is 89.8 Å². The molecule has 0 amide bonds. The average Bonchev–Trinajstić information content (AvgIpc) is 2.59. The molecule has 4 heteroatoms. The molecule has 140 valence electrons. The second kappa shape index (κ2) is 8.52. The topological polar surface area (TPSA) is 35.9 Å². The first-order chi connectivity index (χ1) is 12.0. The molecule has 2 aliphatic rings. The number of benzene rings is 1. The lowest BCUT2D eigenvalue weighted by atomic mass is 9.87. The van der Waals surface area contributed by atoms with Crippen molar-refractivity contribution in [2.75, 3.05) is 33.7 Å². The summed E-state index contributed by atoms with van der Waals surface area (Å²) in [7, 11) is 4.39. The first-order valence-electron chi connectivity index (χ1n) is 9.83. The first-order valence-corrected chi connectivity index (χ1v) is 9.83. The Balaban J connectivity index is 1.56. The zero-order valence-electron chi connectivity index (χ0n) is 16.0. The van der Waals surface area contributed by atoms with Crippen molar-refractivity contribution in [2.45, 2.75) is 57.3 Å². The summed E-state index contributed by atoms with van der Waals surface area (Å²) in [4.78, 5) is 4.81. The predicted molar refractivity (Wildman–Crippen MR) is 102 cm³/mol. The molecular formula is C21H34N2O2. The third-order valence-electron chi connectivity index (χ3n) is 5.99. The van der Waals surface area contributed by atoms with Gasteiger partial charge in [0.15, 0.2) is 0 Å². The van der Waals surface area contributed by atoms with Crippen LogP contribution < -0.4 is 4.74 Å². The molecule has 3 rings (SSSR count). The van der Waals surface area contributed by atoms with Crippen molar-refractivity contribution < 1.29 is 9.84 Å². The number of aliphatic hydroxyl groups excluding tert-OH is 1. The Hall–Kier alpha value is -1.10. The van der Waals surface area contributed by atoms with E-state index in [1.54, 1.807) is 0 Å². The molecule has 0 unspecified atom stereocenters. The standard InChI is InChI=1S/C21H34N2O2/c1-16-6-4-7-18(14-16)25-20-9-5-8-19(21(20)24)23(3)15-17-10-12-22(2)13-11-17/h4,6-7,14,17,19-21,24H,5,8-13,15H2,1-3H3/t19-,20+,21+/m0/s1. The van der Waals surface area contributed by atoms with Crippen LogP contribution in [0.15, 0.2) is 24.3 Å². The van der Waals surface area contributed by atoms with E-state index in [-0.39, 0.29) is 12.1 Å². The maximum Gasteiger partial charge on any atom is 0.126 e. The molecule has 0 spiro atoms. The number of likely N-dealkylation sites (tertiary alicyclic amines) is 1. The number of hydrogen-bond donors (Lipinski definition) is 1. The number of likely N-dealkylation sites (N-methyl/N-ethyl adjacent to an activating group) is 1. The lowest BCUT2D eigenvalue weighted by Gasteiger charge is -2.41. The number of rotatable bonds is 5. The van der Waals surface area contributed by atoms with Crippen LogP contribution in [0.25, 0.3) is 0 Å². The average molecular weight is 347 g/mol. The minimum atomic E-state index is -0.412. The Kier molecular flexibility index (Phi) is 6.37. The highest BCUT2D eigenvalue weighted by Crippen LogP contribution is 2.28. The smallest absolute Gasteiger partial charge is 0.126 e. The summed E-state index contributed by atoms with van der Waals surface area (Å²) in [6.07, 6.45) is 5.16. The predicted octanol–water partition coefficient (Wildman–Crippen LogP) is 2.93. The highest BCUT2D eigenvalue weighted by atomic mass is 16.5. The van der Waals surface area contributed by atoms with Crippen molar-refractivity contribution in [3.8, 4) is 5.75 Å². The molecule has 1 aliphatic carbocycles. The van der Waals surface area contributed by atoms with Crippen LogP contribution in [0.5, 0.6) is 5.75 Å². The van der Waals surface area contributed by atoms with E-state index in [2.05, 4.69) is 43.0 Å². The number of hydrogen-bond acceptors (Lipinski definition) is 4. The fraction of sp³-hybridized carbons (Fsp3) is 0.714. The van der Waals surface area contributed by atoms with E-state index < -0.39 is 6.10 Å². The molecule has 1 aromatic carbocycles. The molecule has 1 N–H and O–H groups in total. The van der Waals surface area contributed by atoms with Gasteiger partial charge in [0, 0.05) is 12.6 Å². The van der Waals surface area contributed by atoms with Crippen LogP contribution in [-0.4, -0.2) is 66.9 Å². The van der Waals surface area contributed by atoms with E-state index in [1.165, 1.54) is 31.5 Å². The van der Waals surface area contributed by atoms with Crippen molar-refractivity contribution in [2.24, 2.45) is 5.92 Å². The Morgan fingerprint density at radius 2 is 1.96 bits per heavy atom. The number of aryl methyl sites for hydroxylation is 1. The van der Waals surface area contributed by atoms with Gasteiger partial charge in [-0.15, -0.1) is 0 Å². The van der Waals surface area contributed by atoms with Crippen LogP contribution in [0, 0.1) is 12.8 Å². The van der Waals surface area contributed by atoms with Crippen LogP contribution in [0.1, 0.15) is 37.7 Å². The number of ether oxygens (including phenoxy) is 1. The summed E-state index contributed by atoms with van der Waals surface area (Å²) in [5, 5.41) is 10.9. The maximum absolute atomic E-state index is 10.9. The SMILES string of the molecule is Cc1cccc(O[C@@H]2CCC[C@H](N(C)CC3CCN(C)CC3)[C@H]2O)c1. The van der Waals surface area contributed by atoms with Crippen molar-refractivity contribution in [1.29, 1.82) is 0 Å². The second-order valence-corrected chi connectivity index (χ2v) is 8.15. The quantitative estimate of drug-likeness (QED) is 0.889. The first kappa shape index (κ1) is 18.7. The van der Waals surface area contributed by atoms with Gasteiger partial charge in [0.2, 0.25) is 0 Å². The summed E-state index contributed by atoms with van der Waals surface area (Å²) in [6, 6.07) is 8.35. The Morgan fingerprint density at radius 1 is 1.20 bits per heavy atom. The van der Waals surface area contributed by atoms with Crippen molar-refractivity contribution >= 4 is 0 Å². The largest absolute Gasteiger partial charge is 0.488 e. The zero-order valence-corrected chi connectivity index (χ0v) is 16.0. The van der Waals surface area contributed by atoms with Gasteiger partial charge in [-0.3, -0.25) is 0 Å². The molecule has 2 fully saturated rings. The molecule has 1 aromatic rings. The molecule has 0 bridgehead atoms. The second-order valence-electron chi connectivity index (χ2n) is 8.15. The number of aliphatic hydroxyl groups is 1. The van der Waals surface area contributed by atoms with Gasteiger partial charge in [0.1, 0.15) is 18.0 Å². The normalized spacial score (nSPS) is 29.1. The van der Waals surface area contributed by atoms with Crippen LogP contribution in [-0.2, 0) is 0 Å². The molecule has 1 saturated heterocycles. The summed E-state index contributed by atoms with van der Waals surface area (Å²) in [6.45, 7) is 5.56. The molecule has 3 atom stereocenters. The van der Waals surface area contributed by atoms with Gasteiger partial charge < -0.3 is 19.6 Å². The zero-order chi connectivity index (χ0) is 17.8. The monoisotopic (exact) mass is 346 g/mol. The van der Waals surface area contributed by atoms with Gasteiger partial charge in [-0.1, -0.05) is 12.1 Å². The highest BCUT2D eigenvalue weighted by Gasteiger charge is 2.36. The van der Waals surface area contributed by atoms with Gasteiger partial charge in [0.25, 0.3) is 0 Å². The molecule has 0 radical (unpaired) electrons. The Bertz CT molecular complexity index is 542. The molecule has 0 aromatic heterocycles.